The van der Waals surface area contributed by atoms with Gasteiger partial charge in [-0.05, 0) is 31.0 Å². The molecule has 110 valence electrons. The summed E-state index contributed by atoms with van der Waals surface area (Å²) in [6.45, 7) is 1.27. The third-order valence-corrected chi connectivity index (χ3v) is 4.42. The molecule has 0 saturated carbocycles. The van der Waals surface area contributed by atoms with Crippen LogP contribution in [-0.4, -0.2) is 26.7 Å². The monoisotopic (exact) mass is 319 g/mol. The number of fused-ring (bicyclic) bond motifs is 1. The Labute approximate surface area is 121 Å². The molecule has 1 aromatic heterocycles. The van der Waals surface area contributed by atoms with Crippen LogP contribution in [0.4, 0.5) is 4.39 Å². The lowest BCUT2D eigenvalue weighted by Gasteiger charge is -2.04. The van der Waals surface area contributed by atoms with Crippen molar-refractivity contribution in [3.05, 3.63) is 30.2 Å². The fraction of sp³-hybridized carbons (Fsp3) is 0.385. The van der Waals surface area contributed by atoms with Gasteiger partial charge in [-0.15, -0.1) is 0 Å². The molecule has 20 heavy (non-hydrogen) atoms. The van der Waals surface area contributed by atoms with Gasteiger partial charge in [-0.25, -0.2) is 12.8 Å². The Morgan fingerprint density at radius 3 is 2.75 bits per heavy atom. The summed E-state index contributed by atoms with van der Waals surface area (Å²) < 4.78 is 43.2. The molecule has 0 aliphatic carbocycles. The average molecular weight is 320 g/mol. The van der Waals surface area contributed by atoms with Crippen molar-refractivity contribution in [2.75, 3.05) is 13.7 Å². The molecular formula is C13H15ClFNO3S. The maximum Gasteiger partial charge on any atom is 0.263 e. The Morgan fingerprint density at radius 1 is 1.35 bits per heavy atom. The second kappa shape index (κ2) is 6.11. The van der Waals surface area contributed by atoms with Crippen molar-refractivity contribution < 1.29 is 17.5 Å². The van der Waals surface area contributed by atoms with Crippen molar-refractivity contribution in [2.24, 2.45) is 0 Å². The van der Waals surface area contributed by atoms with Gasteiger partial charge in [-0.3, -0.25) is 0 Å². The van der Waals surface area contributed by atoms with E-state index in [1.165, 1.54) is 18.3 Å². The summed E-state index contributed by atoms with van der Waals surface area (Å²) in [6, 6.07) is 4.06. The van der Waals surface area contributed by atoms with Crippen LogP contribution in [0.3, 0.4) is 0 Å². The predicted octanol–water partition coefficient (Wildman–Crippen LogP) is 3.13. The molecule has 1 aromatic carbocycles. The number of aryl methyl sites for hydroxylation is 1. The molecule has 0 spiro atoms. The molecule has 0 unspecified atom stereocenters. The number of benzene rings is 1. The second-order valence-electron chi connectivity index (χ2n) is 4.49. The zero-order chi connectivity index (χ0) is 14.8. The van der Waals surface area contributed by atoms with Crippen LogP contribution in [-0.2, 0) is 20.3 Å². The number of unbranched alkanes of at least 4 members (excludes halogenated alkanes) is 1. The minimum atomic E-state index is -3.90. The molecule has 0 saturated heterocycles. The van der Waals surface area contributed by atoms with Crippen LogP contribution in [0.25, 0.3) is 10.9 Å². The third kappa shape index (κ3) is 3.31. The number of nitrogens with zero attached hydrogens (tertiary/aromatic N) is 1. The second-order valence-corrected chi connectivity index (χ2v) is 7.02. The lowest BCUT2D eigenvalue weighted by Crippen LogP contribution is -1.98. The molecule has 2 rings (SSSR count). The molecule has 0 bridgehead atoms. The Morgan fingerprint density at radius 2 is 2.10 bits per heavy atom. The third-order valence-electron chi connectivity index (χ3n) is 3.07. The Bertz CT molecular complexity index is 712. The van der Waals surface area contributed by atoms with E-state index in [-0.39, 0.29) is 4.90 Å². The molecule has 7 heteroatoms. The van der Waals surface area contributed by atoms with Crippen LogP contribution in [0.1, 0.15) is 12.8 Å². The first-order chi connectivity index (χ1) is 9.43. The van der Waals surface area contributed by atoms with Gasteiger partial charge in [0.25, 0.3) is 9.05 Å². The summed E-state index contributed by atoms with van der Waals surface area (Å²) in [5.74, 6) is -0.490. The number of aromatic nitrogens is 1. The van der Waals surface area contributed by atoms with Crippen molar-refractivity contribution >= 4 is 30.6 Å². The molecule has 0 radical (unpaired) electrons. The van der Waals surface area contributed by atoms with Crippen molar-refractivity contribution in [1.82, 2.24) is 4.57 Å². The highest BCUT2D eigenvalue weighted by molar-refractivity contribution is 8.14. The summed E-state index contributed by atoms with van der Waals surface area (Å²) in [7, 11) is 3.13. The molecule has 0 N–H and O–H groups in total. The number of rotatable bonds is 6. The van der Waals surface area contributed by atoms with Gasteiger partial charge in [0.05, 0.1) is 0 Å². The van der Waals surface area contributed by atoms with E-state index in [4.69, 9.17) is 15.4 Å². The standard InChI is InChI=1S/C13H15ClFNO3S/c1-19-7-3-2-6-16-9-13(20(14,17)18)11-8-10(15)4-5-12(11)16/h4-5,8-9H,2-3,6-7H2,1H3. The van der Waals surface area contributed by atoms with Gasteiger partial charge in [0.2, 0.25) is 0 Å². The van der Waals surface area contributed by atoms with Crippen molar-refractivity contribution in [3.8, 4) is 0 Å². The van der Waals surface area contributed by atoms with E-state index in [1.54, 1.807) is 17.7 Å². The highest BCUT2D eigenvalue weighted by Crippen LogP contribution is 2.29. The van der Waals surface area contributed by atoms with Crippen LogP contribution in [0.5, 0.6) is 0 Å². The quantitative estimate of drug-likeness (QED) is 0.607. The number of methoxy groups -OCH3 is 1. The van der Waals surface area contributed by atoms with Crippen molar-refractivity contribution in [1.29, 1.82) is 0 Å². The Kier molecular flexibility index (Phi) is 4.67. The van der Waals surface area contributed by atoms with Gasteiger partial charge >= 0.3 is 0 Å². The summed E-state index contributed by atoms with van der Waals surface area (Å²) >= 11 is 0. The molecule has 0 aliphatic rings. The minimum absolute atomic E-state index is 0.0552. The molecule has 0 atom stereocenters. The molecule has 2 aromatic rings. The summed E-state index contributed by atoms with van der Waals surface area (Å²) in [5.41, 5.74) is 0.656. The zero-order valence-electron chi connectivity index (χ0n) is 11.0. The van der Waals surface area contributed by atoms with E-state index in [1.807, 2.05) is 0 Å². The molecule has 0 fully saturated rings. The number of halogens is 2. The van der Waals surface area contributed by atoms with E-state index in [2.05, 4.69) is 0 Å². The van der Waals surface area contributed by atoms with Crippen LogP contribution in [0.2, 0.25) is 0 Å². The van der Waals surface area contributed by atoms with Crippen molar-refractivity contribution in [2.45, 2.75) is 24.3 Å². The number of ether oxygens (including phenoxy) is 1. The number of hydrogen-bond acceptors (Lipinski definition) is 3. The van der Waals surface area contributed by atoms with Crippen LogP contribution < -0.4 is 0 Å². The fourth-order valence-electron chi connectivity index (χ4n) is 2.14. The van der Waals surface area contributed by atoms with Gasteiger partial charge < -0.3 is 9.30 Å². The molecule has 0 aliphatic heterocycles. The van der Waals surface area contributed by atoms with Gasteiger partial charge in [0, 0.05) is 48.0 Å². The fourth-order valence-corrected chi connectivity index (χ4v) is 3.19. The summed E-state index contributed by atoms with van der Waals surface area (Å²) in [4.78, 5) is -0.0552. The van der Waals surface area contributed by atoms with E-state index >= 15 is 0 Å². The lowest BCUT2D eigenvalue weighted by molar-refractivity contribution is 0.191. The first-order valence-electron chi connectivity index (χ1n) is 6.15. The van der Waals surface area contributed by atoms with Gasteiger partial charge in [0.15, 0.2) is 0 Å². The van der Waals surface area contributed by atoms with Gasteiger partial charge in [-0.2, -0.15) is 0 Å². The molecule has 0 amide bonds. The minimum Gasteiger partial charge on any atom is -0.385 e. The molecule has 4 nitrogen and oxygen atoms in total. The Balaban J connectivity index is 2.40. The van der Waals surface area contributed by atoms with E-state index in [0.29, 0.717) is 24.1 Å². The summed E-state index contributed by atoms with van der Waals surface area (Å²) in [5, 5.41) is 0.312. The lowest BCUT2D eigenvalue weighted by atomic mass is 10.2. The maximum absolute atomic E-state index is 13.3. The first-order valence-corrected chi connectivity index (χ1v) is 8.46. The SMILES string of the molecule is COCCCCn1cc(S(=O)(=O)Cl)c2cc(F)ccc21. The average Bonchev–Trinajstić information content (AvgIpc) is 2.72. The maximum atomic E-state index is 13.3. The van der Waals surface area contributed by atoms with Crippen LogP contribution in [0.15, 0.2) is 29.3 Å². The van der Waals surface area contributed by atoms with Crippen molar-refractivity contribution in [3.63, 3.8) is 0 Å². The highest BCUT2D eigenvalue weighted by atomic mass is 35.7. The Hall–Kier alpha value is -1.11. The number of hydrogen-bond donors (Lipinski definition) is 0. The normalized spacial score (nSPS) is 12.2. The van der Waals surface area contributed by atoms with E-state index in [0.717, 1.165) is 12.8 Å². The zero-order valence-corrected chi connectivity index (χ0v) is 12.5. The van der Waals surface area contributed by atoms with Crippen LogP contribution in [0, 0.1) is 5.82 Å². The largest absolute Gasteiger partial charge is 0.385 e. The van der Waals surface area contributed by atoms with E-state index < -0.39 is 14.9 Å². The van der Waals surface area contributed by atoms with Crippen LogP contribution >= 0.6 is 10.7 Å². The topological polar surface area (TPSA) is 48.3 Å². The van der Waals surface area contributed by atoms with Gasteiger partial charge in [0.1, 0.15) is 10.7 Å². The highest BCUT2D eigenvalue weighted by Gasteiger charge is 2.19. The van der Waals surface area contributed by atoms with Gasteiger partial charge in [-0.1, -0.05) is 0 Å². The smallest absolute Gasteiger partial charge is 0.263 e. The molecular weight excluding hydrogens is 305 g/mol. The van der Waals surface area contributed by atoms with E-state index in [9.17, 15) is 12.8 Å². The predicted molar refractivity (Wildman–Crippen MR) is 76.0 cm³/mol. The first kappa shape index (κ1) is 15.3. The summed E-state index contributed by atoms with van der Waals surface area (Å²) in [6.07, 6.45) is 3.15. The molecule has 1 heterocycles.